The van der Waals surface area contributed by atoms with E-state index in [0.29, 0.717) is 0 Å². The first kappa shape index (κ1) is 8.71. The highest BCUT2D eigenvalue weighted by atomic mass is 19.1. The molecule has 0 aliphatic rings. The van der Waals surface area contributed by atoms with Crippen molar-refractivity contribution < 1.29 is 4.39 Å². The number of halogens is 1. The minimum atomic E-state index is -0.237. The normalized spacial score (nSPS) is 10.6. The first-order valence-corrected chi connectivity index (χ1v) is 3.64. The maximum Gasteiger partial charge on any atom is 0.123 e. The van der Waals surface area contributed by atoms with E-state index in [0.717, 1.165) is 5.69 Å². The molecule has 0 saturated heterocycles. The zero-order valence-corrected chi connectivity index (χ0v) is 7.16. The molecule has 0 saturated carbocycles. The third-order valence-corrected chi connectivity index (χ3v) is 1.26. The Morgan fingerprint density at radius 2 is 1.83 bits per heavy atom. The first-order valence-electron chi connectivity index (χ1n) is 3.64. The quantitative estimate of drug-likeness (QED) is 0.485. The minimum Gasteiger partial charge on any atom is -0.369 e. The highest BCUT2D eigenvalue weighted by Gasteiger charge is 1.88. The van der Waals surface area contributed by atoms with Gasteiger partial charge in [0.05, 0.1) is 12.0 Å². The molecule has 1 aromatic rings. The largest absolute Gasteiger partial charge is 0.369 e. The predicted octanol–water partition coefficient (Wildman–Crippen LogP) is 2.05. The van der Waals surface area contributed by atoms with Crippen LogP contribution in [-0.4, -0.2) is 25.3 Å². The van der Waals surface area contributed by atoms with E-state index in [9.17, 15) is 4.39 Å². The molecule has 0 aliphatic carbocycles. The summed E-state index contributed by atoms with van der Waals surface area (Å²) in [6, 6.07) is 6.05. The van der Waals surface area contributed by atoms with E-state index < -0.39 is 0 Å². The molecule has 0 aliphatic heterocycles. The number of hydrogen-bond donors (Lipinski definition) is 0. The van der Waals surface area contributed by atoms with E-state index in [-0.39, 0.29) is 5.82 Å². The van der Waals surface area contributed by atoms with Gasteiger partial charge in [-0.3, -0.25) is 0 Å². The summed E-state index contributed by atoms with van der Waals surface area (Å²) in [5.41, 5.74) is 0.755. The Morgan fingerprint density at radius 1 is 1.25 bits per heavy atom. The average Bonchev–Trinajstić information content (AvgIpc) is 2.03. The first-order chi connectivity index (χ1) is 5.68. The van der Waals surface area contributed by atoms with Gasteiger partial charge in [-0.1, -0.05) is 0 Å². The van der Waals surface area contributed by atoms with Gasteiger partial charge in [-0.05, 0) is 24.3 Å². The van der Waals surface area contributed by atoms with Gasteiger partial charge in [0.25, 0.3) is 0 Å². The SMILES string of the molecule is CN(C)C=Nc1ccc(F)cc1. The predicted molar refractivity (Wildman–Crippen MR) is 48.2 cm³/mol. The molecule has 0 unspecified atom stereocenters. The number of aliphatic imine (C=N–C) groups is 1. The zero-order valence-electron chi connectivity index (χ0n) is 7.16. The lowest BCUT2D eigenvalue weighted by Crippen LogP contribution is -2.06. The third-order valence-electron chi connectivity index (χ3n) is 1.26. The number of rotatable bonds is 2. The fraction of sp³-hybridized carbons (Fsp3) is 0.222. The van der Waals surface area contributed by atoms with E-state index in [1.54, 1.807) is 18.5 Å². The van der Waals surface area contributed by atoms with E-state index in [2.05, 4.69) is 4.99 Å². The van der Waals surface area contributed by atoms with Crippen LogP contribution in [0.2, 0.25) is 0 Å². The molecule has 0 spiro atoms. The summed E-state index contributed by atoms with van der Waals surface area (Å²) in [6.45, 7) is 0. The molecule has 0 amide bonds. The van der Waals surface area contributed by atoms with Crippen LogP contribution in [0.4, 0.5) is 10.1 Å². The van der Waals surface area contributed by atoms with Gasteiger partial charge in [0.15, 0.2) is 0 Å². The number of hydrogen-bond acceptors (Lipinski definition) is 1. The molecule has 12 heavy (non-hydrogen) atoms. The minimum absolute atomic E-state index is 0.237. The van der Waals surface area contributed by atoms with Crippen LogP contribution in [0.3, 0.4) is 0 Å². The van der Waals surface area contributed by atoms with Gasteiger partial charge in [0.1, 0.15) is 5.82 Å². The van der Waals surface area contributed by atoms with Crippen LogP contribution < -0.4 is 0 Å². The molecule has 0 aromatic heterocycles. The fourth-order valence-electron chi connectivity index (χ4n) is 0.709. The van der Waals surface area contributed by atoms with Crippen LogP contribution in [0.15, 0.2) is 29.3 Å². The van der Waals surface area contributed by atoms with Crippen molar-refractivity contribution in [1.82, 2.24) is 4.90 Å². The summed E-state index contributed by atoms with van der Waals surface area (Å²) in [6.07, 6.45) is 1.67. The number of nitrogens with zero attached hydrogens (tertiary/aromatic N) is 2. The smallest absolute Gasteiger partial charge is 0.123 e. The summed E-state index contributed by atoms with van der Waals surface area (Å²) in [4.78, 5) is 5.90. The lowest BCUT2D eigenvalue weighted by atomic mass is 10.3. The fourth-order valence-corrected chi connectivity index (χ4v) is 0.709. The molecule has 3 heteroatoms. The number of benzene rings is 1. The molecule has 2 nitrogen and oxygen atoms in total. The molecule has 0 fully saturated rings. The van der Waals surface area contributed by atoms with Gasteiger partial charge in [-0.25, -0.2) is 9.38 Å². The maximum atomic E-state index is 12.4. The van der Waals surface area contributed by atoms with Crippen molar-refractivity contribution in [2.24, 2.45) is 4.99 Å². The molecule has 64 valence electrons. The molecule has 1 rings (SSSR count). The van der Waals surface area contributed by atoms with Crippen molar-refractivity contribution in [2.45, 2.75) is 0 Å². The summed E-state index contributed by atoms with van der Waals surface area (Å²) in [5, 5.41) is 0. The zero-order chi connectivity index (χ0) is 8.97. The van der Waals surface area contributed by atoms with Crippen molar-refractivity contribution in [3.63, 3.8) is 0 Å². The average molecular weight is 166 g/mol. The van der Waals surface area contributed by atoms with Crippen LogP contribution in [0.1, 0.15) is 0 Å². The van der Waals surface area contributed by atoms with Crippen LogP contribution in [0, 0.1) is 5.82 Å². The molecule has 0 heterocycles. The Labute approximate surface area is 71.3 Å². The molecule has 1 aromatic carbocycles. The monoisotopic (exact) mass is 166 g/mol. The summed E-state index contributed by atoms with van der Waals surface area (Å²) in [7, 11) is 3.76. The summed E-state index contributed by atoms with van der Waals surface area (Å²) >= 11 is 0. The maximum absolute atomic E-state index is 12.4. The second-order valence-corrected chi connectivity index (χ2v) is 2.68. The molecule has 0 N–H and O–H groups in total. The van der Waals surface area contributed by atoms with Crippen molar-refractivity contribution in [2.75, 3.05) is 14.1 Å². The summed E-state index contributed by atoms with van der Waals surface area (Å²) in [5.74, 6) is -0.237. The third kappa shape index (κ3) is 2.70. The van der Waals surface area contributed by atoms with Crippen molar-refractivity contribution in [3.05, 3.63) is 30.1 Å². The Hall–Kier alpha value is -1.38. The van der Waals surface area contributed by atoms with Gasteiger partial charge < -0.3 is 4.90 Å². The van der Waals surface area contributed by atoms with E-state index in [1.165, 1.54) is 12.1 Å². The lowest BCUT2D eigenvalue weighted by molar-refractivity contribution is 0.627. The van der Waals surface area contributed by atoms with Crippen LogP contribution in [0.5, 0.6) is 0 Å². The Bertz CT molecular complexity index is 264. The van der Waals surface area contributed by atoms with Crippen molar-refractivity contribution in [1.29, 1.82) is 0 Å². The standard InChI is InChI=1S/C9H11FN2/c1-12(2)7-11-9-5-3-8(10)4-6-9/h3-7H,1-2H3. The Morgan fingerprint density at radius 3 is 2.33 bits per heavy atom. The van der Waals surface area contributed by atoms with Gasteiger partial charge in [0, 0.05) is 14.1 Å². The molecule has 0 atom stereocenters. The highest BCUT2D eigenvalue weighted by Crippen LogP contribution is 2.10. The van der Waals surface area contributed by atoms with E-state index >= 15 is 0 Å². The lowest BCUT2D eigenvalue weighted by Gasteiger charge is -2.01. The highest BCUT2D eigenvalue weighted by molar-refractivity contribution is 5.60. The van der Waals surface area contributed by atoms with Crippen molar-refractivity contribution in [3.8, 4) is 0 Å². The van der Waals surface area contributed by atoms with Crippen molar-refractivity contribution >= 4 is 12.0 Å². The second kappa shape index (κ2) is 3.85. The van der Waals surface area contributed by atoms with Gasteiger partial charge >= 0.3 is 0 Å². The Balaban J connectivity index is 2.71. The molecular formula is C9H11FN2. The molecule has 0 bridgehead atoms. The van der Waals surface area contributed by atoms with Crippen LogP contribution in [-0.2, 0) is 0 Å². The van der Waals surface area contributed by atoms with Gasteiger partial charge in [0.2, 0.25) is 0 Å². The van der Waals surface area contributed by atoms with Crippen LogP contribution >= 0.6 is 0 Å². The van der Waals surface area contributed by atoms with Crippen LogP contribution in [0.25, 0.3) is 0 Å². The molecular weight excluding hydrogens is 155 g/mol. The summed E-state index contributed by atoms with van der Waals surface area (Å²) < 4.78 is 12.4. The van der Waals surface area contributed by atoms with E-state index in [1.807, 2.05) is 19.0 Å². The second-order valence-electron chi connectivity index (χ2n) is 2.68. The van der Waals surface area contributed by atoms with E-state index in [4.69, 9.17) is 0 Å². The topological polar surface area (TPSA) is 15.6 Å². The Kier molecular flexibility index (Phi) is 2.80. The van der Waals surface area contributed by atoms with Gasteiger partial charge in [-0.2, -0.15) is 0 Å². The van der Waals surface area contributed by atoms with Gasteiger partial charge in [-0.15, -0.1) is 0 Å². The molecule has 0 radical (unpaired) electrons.